The summed E-state index contributed by atoms with van der Waals surface area (Å²) in [4.78, 5) is 12.2. The number of amides is 1. The maximum Gasteiger partial charge on any atom is 0.266 e. The topological polar surface area (TPSA) is 62.1 Å². The van der Waals surface area contributed by atoms with Crippen molar-refractivity contribution >= 4 is 49.5 Å². The summed E-state index contributed by atoms with van der Waals surface area (Å²) in [5.74, 6) is 0.213. The smallest absolute Gasteiger partial charge is 0.266 e. The molecule has 2 aromatic carbocycles. The second-order valence-corrected chi connectivity index (χ2v) is 6.21. The molecule has 1 N–H and O–H groups in total. The number of carbonyl (C=O) groups is 1. The summed E-state index contributed by atoms with van der Waals surface area (Å²) < 4.78 is 6.65. The van der Waals surface area contributed by atoms with Crippen molar-refractivity contribution in [1.29, 1.82) is 5.26 Å². The van der Waals surface area contributed by atoms with E-state index in [-0.39, 0.29) is 5.57 Å². The van der Waals surface area contributed by atoms with E-state index in [9.17, 15) is 10.1 Å². The maximum absolute atomic E-state index is 12.2. The molecule has 0 unspecified atom stereocenters. The molecule has 0 aliphatic carbocycles. The first kappa shape index (κ1) is 17.3. The van der Waals surface area contributed by atoms with E-state index in [0.29, 0.717) is 11.4 Å². The van der Waals surface area contributed by atoms with Gasteiger partial charge in [0, 0.05) is 4.47 Å². The summed E-state index contributed by atoms with van der Waals surface area (Å²) in [6, 6.07) is 14.4. The molecule has 23 heavy (non-hydrogen) atoms. The van der Waals surface area contributed by atoms with Gasteiger partial charge in [-0.25, -0.2) is 0 Å². The molecule has 4 nitrogen and oxygen atoms in total. The van der Waals surface area contributed by atoms with Crippen molar-refractivity contribution in [2.45, 2.75) is 0 Å². The Bertz CT molecular complexity index is 810. The lowest BCUT2D eigenvalue weighted by Gasteiger charge is -2.07. The van der Waals surface area contributed by atoms with E-state index in [4.69, 9.17) is 4.74 Å². The third-order valence-corrected chi connectivity index (χ3v) is 4.29. The van der Waals surface area contributed by atoms with Crippen molar-refractivity contribution in [2.24, 2.45) is 0 Å². The van der Waals surface area contributed by atoms with Gasteiger partial charge in [-0.2, -0.15) is 5.26 Å². The summed E-state index contributed by atoms with van der Waals surface area (Å²) in [6.07, 6.45) is 1.52. The number of nitrogens with zero attached hydrogens (tertiary/aromatic N) is 1. The van der Waals surface area contributed by atoms with Gasteiger partial charge in [0.15, 0.2) is 0 Å². The van der Waals surface area contributed by atoms with Crippen LogP contribution in [0.5, 0.6) is 5.75 Å². The number of hydrogen-bond acceptors (Lipinski definition) is 3. The molecule has 1 amide bonds. The number of para-hydroxylation sites is 1. The monoisotopic (exact) mass is 434 g/mol. The number of carbonyl (C=O) groups excluding carboxylic acids is 1. The second kappa shape index (κ2) is 7.95. The molecule has 2 rings (SSSR count). The third-order valence-electron chi connectivity index (χ3n) is 2.97. The van der Waals surface area contributed by atoms with Crippen LogP contribution >= 0.6 is 31.9 Å². The first-order chi connectivity index (χ1) is 11.0. The predicted octanol–water partition coefficient (Wildman–Crippen LogP) is 4.77. The first-order valence-corrected chi connectivity index (χ1v) is 8.15. The van der Waals surface area contributed by atoms with E-state index in [1.54, 1.807) is 37.4 Å². The van der Waals surface area contributed by atoms with Crippen LogP contribution < -0.4 is 10.1 Å². The number of ether oxygens (including phenoxy) is 1. The molecular formula is C17H12Br2N2O2. The number of benzene rings is 2. The highest BCUT2D eigenvalue weighted by Gasteiger charge is 2.11. The molecule has 0 saturated carbocycles. The lowest BCUT2D eigenvalue weighted by atomic mass is 10.1. The zero-order chi connectivity index (χ0) is 16.8. The molecule has 0 aliphatic rings. The normalized spacial score (nSPS) is 10.8. The van der Waals surface area contributed by atoms with Crippen molar-refractivity contribution in [3.63, 3.8) is 0 Å². The zero-order valence-electron chi connectivity index (χ0n) is 12.1. The molecule has 0 radical (unpaired) electrons. The molecule has 0 spiro atoms. The molecule has 6 heteroatoms. The van der Waals surface area contributed by atoms with Gasteiger partial charge in [-0.15, -0.1) is 0 Å². The van der Waals surface area contributed by atoms with Crippen LogP contribution in [0, 0.1) is 11.3 Å². The molecular weight excluding hydrogens is 424 g/mol. The molecule has 0 heterocycles. The van der Waals surface area contributed by atoms with Crippen LogP contribution in [0.15, 0.2) is 57.0 Å². The Hall–Kier alpha value is -2.10. The highest BCUT2D eigenvalue weighted by atomic mass is 79.9. The van der Waals surface area contributed by atoms with Gasteiger partial charge >= 0.3 is 0 Å². The van der Waals surface area contributed by atoms with E-state index in [0.717, 1.165) is 14.5 Å². The van der Waals surface area contributed by atoms with Gasteiger partial charge < -0.3 is 10.1 Å². The van der Waals surface area contributed by atoms with E-state index < -0.39 is 5.91 Å². The molecule has 0 aliphatic heterocycles. The summed E-state index contributed by atoms with van der Waals surface area (Å²) in [5, 5.41) is 12.0. The van der Waals surface area contributed by atoms with Crippen LogP contribution in [0.25, 0.3) is 6.08 Å². The number of hydrogen-bond donors (Lipinski definition) is 1. The maximum atomic E-state index is 12.2. The summed E-state index contributed by atoms with van der Waals surface area (Å²) in [6.45, 7) is 0. The van der Waals surface area contributed by atoms with Crippen molar-refractivity contribution in [3.8, 4) is 11.8 Å². The second-order valence-electron chi connectivity index (χ2n) is 4.50. The Morgan fingerprint density at radius 3 is 2.57 bits per heavy atom. The Balaban J connectivity index is 2.25. The number of nitrogens with one attached hydrogen (secondary N) is 1. The minimum absolute atomic E-state index is 0.0119. The third kappa shape index (κ3) is 4.44. The molecule has 0 saturated heterocycles. The van der Waals surface area contributed by atoms with E-state index >= 15 is 0 Å². The van der Waals surface area contributed by atoms with Crippen LogP contribution in [0.1, 0.15) is 5.56 Å². The summed E-state index contributed by atoms with van der Waals surface area (Å²) >= 11 is 6.73. The molecule has 116 valence electrons. The van der Waals surface area contributed by atoms with Crippen molar-refractivity contribution in [1.82, 2.24) is 0 Å². The van der Waals surface area contributed by atoms with Gasteiger partial charge in [0.25, 0.3) is 5.91 Å². The lowest BCUT2D eigenvalue weighted by molar-refractivity contribution is -0.112. The average Bonchev–Trinajstić information content (AvgIpc) is 2.54. The number of nitriles is 1. The number of rotatable bonds is 4. The first-order valence-electron chi connectivity index (χ1n) is 6.56. The van der Waals surface area contributed by atoms with Gasteiger partial charge in [-0.3, -0.25) is 4.79 Å². The van der Waals surface area contributed by atoms with Crippen LogP contribution in [0.3, 0.4) is 0 Å². The lowest BCUT2D eigenvalue weighted by Crippen LogP contribution is -2.13. The van der Waals surface area contributed by atoms with Gasteiger partial charge in [0.05, 0.1) is 17.3 Å². The predicted molar refractivity (Wildman–Crippen MR) is 97.1 cm³/mol. The Morgan fingerprint density at radius 2 is 1.96 bits per heavy atom. The van der Waals surface area contributed by atoms with Gasteiger partial charge in [0.2, 0.25) is 0 Å². The fourth-order valence-electron chi connectivity index (χ4n) is 1.84. The van der Waals surface area contributed by atoms with Gasteiger partial charge in [-0.05, 0) is 67.8 Å². The molecule has 0 bridgehead atoms. The van der Waals surface area contributed by atoms with Crippen molar-refractivity contribution in [2.75, 3.05) is 12.4 Å². The standard InChI is InChI=1S/C17H12Br2N2O2/c1-23-16-7-6-11(9-14(16)19)8-12(10-20)17(22)21-15-5-3-2-4-13(15)18/h2-9H,1H3,(H,21,22). The largest absolute Gasteiger partial charge is 0.496 e. The Labute approximate surface area is 151 Å². The van der Waals surface area contributed by atoms with Crippen LogP contribution in [-0.4, -0.2) is 13.0 Å². The molecule has 0 atom stereocenters. The Kier molecular flexibility index (Phi) is 5.97. The van der Waals surface area contributed by atoms with Crippen molar-refractivity contribution in [3.05, 3.63) is 62.5 Å². The van der Waals surface area contributed by atoms with Gasteiger partial charge in [-0.1, -0.05) is 18.2 Å². The van der Waals surface area contributed by atoms with E-state index in [1.165, 1.54) is 6.08 Å². The number of anilines is 1. The molecule has 0 fully saturated rings. The summed E-state index contributed by atoms with van der Waals surface area (Å²) in [7, 11) is 1.57. The number of halogens is 2. The highest BCUT2D eigenvalue weighted by Crippen LogP contribution is 2.27. The molecule has 2 aromatic rings. The SMILES string of the molecule is COc1ccc(C=C(C#N)C(=O)Nc2ccccc2Br)cc1Br. The van der Waals surface area contributed by atoms with E-state index in [2.05, 4.69) is 37.2 Å². The quantitative estimate of drug-likeness (QED) is 0.555. The minimum Gasteiger partial charge on any atom is -0.496 e. The zero-order valence-corrected chi connectivity index (χ0v) is 15.3. The van der Waals surface area contributed by atoms with Crippen LogP contribution in [0.2, 0.25) is 0 Å². The fourth-order valence-corrected chi connectivity index (χ4v) is 2.78. The fraction of sp³-hybridized carbons (Fsp3) is 0.0588. The van der Waals surface area contributed by atoms with Crippen LogP contribution in [-0.2, 0) is 4.79 Å². The number of methoxy groups -OCH3 is 1. The average molecular weight is 436 g/mol. The van der Waals surface area contributed by atoms with Crippen LogP contribution in [0.4, 0.5) is 5.69 Å². The molecule has 0 aromatic heterocycles. The summed E-state index contributed by atoms with van der Waals surface area (Å²) in [5.41, 5.74) is 1.34. The highest BCUT2D eigenvalue weighted by molar-refractivity contribution is 9.11. The minimum atomic E-state index is -0.466. The Morgan fingerprint density at radius 1 is 1.22 bits per heavy atom. The van der Waals surface area contributed by atoms with Gasteiger partial charge in [0.1, 0.15) is 17.4 Å². The van der Waals surface area contributed by atoms with Crippen molar-refractivity contribution < 1.29 is 9.53 Å². The van der Waals surface area contributed by atoms with E-state index in [1.807, 2.05) is 18.2 Å².